The average molecular weight is 409 g/mol. The number of fused-ring (bicyclic) bond motifs is 2. The number of sulfone groups is 1. The molecule has 0 aliphatic carbocycles. The van der Waals surface area contributed by atoms with Crippen molar-refractivity contribution in [3.8, 4) is 0 Å². The number of benzene rings is 2. The Balaban J connectivity index is 1.71. The van der Waals surface area contributed by atoms with Crippen LogP contribution in [-0.2, 0) is 9.84 Å². The molecule has 1 aliphatic heterocycles. The summed E-state index contributed by atoms with van der Waals surface area (Å²) in [4.78, 5) is 25.4. The van der Waals surface area contributed by atoms with Gasteiger partial charge in [0.05, 0.1) is 22.3 Å². The molecule has 1 aromatic heterocycles. The minimum atomic E-state index is -3.26. The van der Waals surface area contributed by atoms with Crippen LogP contribution >= 0.6 is 0 Å². The first-order chi connectivity index (χ1) is 13.8. The van der Waals surface area contributed by atoms with E-state index in [2.05, 4.69) is 15.3 Å². The Morgan fingerprint density at radius 2 is 1.62 bits per heavy atom. The van der Waals surface area contributed by atoms with E-state index < -0.39 is 9.84 Å². The molecule has 4 rings (SSSR count). The fraction of sp³-hybridized carbons (Fsp3) is 0.150. The van der Waals surface area contributed by atoms with Crippen molar-refractivity contribution in [3.63, 3.8) is 0 Å². The zero-order chi connectivity index (χ0) is 20.8. The zero-order valence-corrected chi connectivity index (χ0v) is 16.9. The van der Waals surface area contributed by atoms with E-state index >= 15 is 0 Å². The van der Waals surface area contributed by atoms with Crippen LogP contribution in [0.5, 0.6) is 0 Å². The van der Waals surface area contributed by atoms with Gasteiger partial charge in [-0.1, -0.05) is 12.1 Å². The van der Waals surface area contributed by atoms with E-state index in [0.29, 0.717) is 28.7 Å². The van der Waals surface area contributed by atoms with Gasteiger partial charge in [-0.2, -0.15) is 4.98 Å². The second-order valence-corrected chi connectivity index (χ2v) is 8.78. The lowest BCUT2D eigenvalue weighted by Gasteiger charge is -2.21. The van der Waals surface area contributed by atoms with Gasteiger partial charge in [0.1, 0.15) is 5.69 Å². The quantitative estimate of drug-likeness (QED) is 0.710. The third kappa shape index (κ3) is 3.40. The van der Waals surface area contributed by atoms with E-state index in [1.807, 2.05) is 30.1 Å². The van der Waals surface area contributed by atoms with Crippen molar-refractivity contribution in [1.82, 2.24) is 9.97 Å². The highest BCUT2D eigenvalue weighted by Crippen LogP contribution is 2.37. The van der Waals surface area contributed by atoms with E-state index in [-0.39, 0.29) is 10.8 Å². The molecule has 1 aliphatic rings. The Bertz CT molecular complexity index is 1210. The van der Waals surface area contributed by atoms with Crippen LogP contribution in [-0.4, -0.2) is 44.6 Å². The van der Waals surface area contributed by atoms with Gasteiger partial charge in [-0.3, -0.25) is 4.79 Å². The Labute approximate surface area is 168 Å². The van der Waals surface area contributed by atoms with Crippen molar-refractivity contribution in [2.45, 2.75) is 4.90 Å². The lowest BCUT2D eigenvalue weighted by atomic mass is 10.1. The van der Waals surface area contributed by atoms with Gasteiger partial charge in [-0.15, -0.1) is 0 Å². The second-order valence-electron chi connectivity index (χ2n) is 6.76. The summed E-state index contributed by atoms with van der Waals surface area (Å²) in [6.07, 6.45) is 2.76. The van der Waals surface area contributed by atoms with Crippen molar-refractivity contribution in [1.29, 1.82) is 0 Å². The Morgan fingerprint density at radius 1 is 0.931 bits per heavy atom. The van der Waals surface area contributed by atoms with Crippen LogP contribution in [0.1, 0.15) is 10.4 Å². The molecular weight excluding hydrogens is 390 g/mol. The van der Waals surface area contributed by atoms with E-state index in [0.717, 1.165) is 11.9 Å². The predicted octanol–water partition coefficient (Wildman–Crippen LogP) is 2.98. The molecule has 8 nitrogen and oxygen atoms in total. The van der Waals surface area contributed by atoms with Gasteiger partial charge in [-0.05, 0) is 36.4 Å². The lowest BCUT2D eigenvalue weighted by molar-refractivity contribution is 0.0994. The van der Waals surface area contributed by atoms with Crippen LogP contribution in [0, 0.1) is 0 Å². The molecule has 3 aromatic rings. The minimum Gasteiger partial charge on any atom is -0.327 e. The van der Waals surface area contributed by atoms with Crippen LogP contribution < -0.4 is 15.1 Å². The van der Waals surface area contributed by atoms with E-state index in [1.165, 1.54) is 17.0 Å². The number of aromatic nitrogens is 2. The summed E-state index contributed by atoms with van der Waals surface area (Å²) in [5, 5.41) is 3.08. The Hall–Kier alpha value is -3.46. The highest BCUT2D eigenvalue weighted by Gasteiger charge is 2.28. The maximum absolute atomic E-state index is 12.8. The van der Waals surface area contributed by atoms with E-state index in [1.54, 1.807) is 31.4 Å². The maximum Gasteiger partial charge on any atom is 0.260 e. The number of nitrogens with zero attached hydrogens (tertiary/aromatic N) is 4. The number of amides is 1. The normalized spacial score (nSPS) is 13.6. The number of nitrogens with one attached hydrogen (secondary N) is 1. The molecule has 1 N–H and O–H groups in total. The molecule has 0 radical (unpaired) electrons. The summed E-state index contributed by atoms with van der Waals surface area (Å²) in [7, 11) is 0.282. The third-order valence-electron chi connectivity index (χ3n) is 4.77. The van der Waals surface area contributed by atoms with Gasteiger partial charge in [-0.25, -0.2) is 13.4 Å². The maximum atomic E-state index is 12.8. The molecule has 29 heavy (non-hydrogen) atoms. The molecule has 0 saturated carbocycles. The Kier molecular flexibility index (Phi) is 4.46. The standard InChI is InChI=1S/C20H19N5O3S/c1-24-16-7-5-4-6-15(16)19(26)25(2)17-12-21-20(23-18(17)24)22-13-8-10-14(11-9-13)29(3,27)28/h4-12H,1-3H3,(H,21,22,23). The van der Waals surface area contributed by atoms with Gasteiger partial charge in [0, 0.05) is 26.0 Å². The highest BCUT2D eigenvalue weighted by molar-refractivity contribution is 7.90. The van der Waals surface area contributed by atoms with Gasteiger partial charge >= 0.3 is 0 Å². The average Bonchev–Trinajstić information content (AvgIpc) is 2.78. The summed E-state index contributed by atoms with van der Waals surface area (Å²) >= 11 is 0. The molecule has 0 fully saturated rings. The third-order valence-corrected chi connectivity index (χ3v) is 5.90. The fourth-order valence-electron chi connectivity index (χ4n) is 3.18. The van der Waals surface area contributed by atoms with Crippen LogP contribution in [0.4, 0.5) is 28.8 Å². The highest BCUT2D eigenvalue weighted by atomic mass is 32.2. The summed E-state index contributed by atoms with van der Waals surface area (Å²) in [5.74, 6) is 0.783. The predicted molar refractivity (Wildman–Crippen MR) is 112 cm³/mol. The first-order valence-corrected chi connectivity index (χ1v) is 10.7. The number of hydrogen-bond donors (Lipinski definition) is 1. The molecule has 9 heteroatoms. The molecule has 0 bridgehead atoms. The van der Waals surface area contributed by atoms with E-state index in [4.69, 9.17) is 0 Å². The van der Waals surface area contributed by atoms with Crippen molar-refractivity contribution in [2.75, 3.05) is 35.5 Å². The Morgan fingerprint density at radius 3 is 2.31 bits per heavy atom. The molecule has 0 spiro atoms. The number of rotatable bonds is 3. The molecule has 148 valence electrons. The van der Waals surface area contributed by atoms with Crippen LogP contribution in [0.3, 0.4) is 0 Å². The van der Waals surface area contributed by atoms with Gasteiger partial charge in [0.2, 0.25) is 5.95 Å². The van der Waals surface area contributed by atoms with Crippen LogP contribution in [0.25, 0.3) is 0 Å². The van der Waals surface area contributed by atoms with Gasteiger partial charge in [0.15, 0.2) is 15.7 Å². The summed E-state index contributed by atoms with van der Waals surface area (Å²) in [6, 6.07) is 13.7. The topological polar surface area (TPSA) is 95.5 Å². The van der Waals surface area contributed by atoms with E-state index in [9.17, 15) is 13.2 Å². The fourth-order valence-corrected chi connectivity index (χ4v) is 3.81. The number of para-hydroxylation sites is 1. The van der Waals surface area contributed by atoms with Crippen molar-refractivity contribution in [3.05, 3.63) is 60.3 Å². The van der Waals surface area contributed by atoms with Crippen molar-refractivity contribution >= 4 is 44.6 Å². The largest absolute Gasteiger partial charge is 0.327 e. The number of carbonyl (C=O) groups excluding carboxylic acids is 1. The second kappa shape index (κ2) is 6.85. The molecular formula is C20H19N5O3S. The summed E-state index contributed by atoms with van der Waals surface area (Å²) < 4.78 is 23.2. The number of hydrogen-bond acceptors (Lipinski definition) is 7. The molecule has 0 unspecified atom stereocenters. The molecule has 2 heterocycles. The van der Waals surface area contributed by atoms with Crippen molar-refractivity contribution < 1.29 is 13.2 Å². The molecule has 2 aromatic carbocycles. The SMILES string of the molecule is CN1C(=O)c2ccccc2N(C)c2nc(Nc3ccc(S(C)(=O)=O)cc3)ncc21. The van der Waals surface area contributed by atoms with Gasteiger partial charge < -0.3 is 15.1 Å². The molecule has 0 saturated heterocycles. The van der Waals surface area contributed by atoms with Crippen LogP contribution in [0.2, 0.25) is 0 Å². The van der Waals surface area contributed by atoms with Gasteiger partial charge in [0.25, 0.3) is 5.91 Å². The monoisotopic (exact) mass is 409 g/mol. The summed E-state index contributed by atoms with van der Waals surface area (Å²) in [6.45, 7) is 0. The molecule has 0 atom stereocenters. The molecule has 1 amide bonds. The first kappa shape index (κ1) is 18.9. The van der Waals surface area contributed by atoms with Crippen molar-refractivity contribution in [2.24, 2.45) is 0 Å². The summed E-state index contributed by atoms with van der Waals surface area (Å²) in [5.41, 5.74) is 2.58. The number of anilines is 5. The number of carbonyl (C=O) groups is 1. The minimum absolute atomic E-state index is 0.133. The zero-order valence-electron chi connectivity index (χ0n) is 16.1. The smallest absolute Gasteiger partial charge is 0.260 e. The van der Waals surface area contributed by atoms with Crippen LogP contribution in [0.15, 0.2) is 59.6 Å². The lowest BCUT2D eigenvalue weighted by Crippen LogP contribution is -2.25. The first-order valence-electron chi connectivity index (χ1n) is 8.81.